The van der Waals surface area contributed by atoms with E-state index in [9.17, 15) is 4.79 Å². The average molecular weight is 236 g/mol. The predicted molar refractivity (Wildman–Crippen MR) is 68.3 cm³/mol. The molecule has 1 fully saturated rings. The summed E-state index contributed by atoms with van der Waals surface area (Å²) in [5.41, 5.74) is -0.0835. The van der Waals surface area contributed by atoms with Crippen molar-refractivity contribution >= 4 is 5.82 Å². The molecule has 2 N–H and O–H groups in total. The number of nitrogens with zero attached hydrogens (tertiary/aromatic N) is 2. The van der Waals surface area contributed by atoms with E-state index in [2.05, 4.69) is 29.5 Å². The second-order valence-electron chi connectivity index (χ2n) is 4.89. The number of hydrogen-bond donors (Lipinski definition) is 2. The van der Waals surface area contributed by atoms with E-state index in [1.807, 2.05) is 0 Å². The van der Waals surface area contributed by atoms with Gasteiger partial charge in [0.1, 0.15) is 0 Å². The normalized spacial score (nSPS) is 23.9. The van der Waals surface area contributed by atoms with Crippen molar-refractivity contribution in [3.63, 3.8) is 0 Å². The van der Waals surface area contributed by atoms with Gasteiger partial charge in [0.05, 0.1) is 0 Å². The molecule has 17 heavy (non-hydrogen) atoms. The molecule has 0 radical (unpaired) electrons. The molecule has 1 aliphatic heterocycles. The molecule has 0 saturated carbocycles. The van der Waals surface area contributed by atoms with Crippen LogP contribution in [0.3, 0.4) is 0 Å². The Bertz CT molecular complexity index is 434. The molecule has 94 valence electrons. The van der Waals surface area contributed by atoms with Gasteiger partial charge in [-0.15, -0.1) is 0 Å². The molecule has 0 aliphatic carbocycles. The molecule has 0 aromatic carbocycles. The van der Waals surface area contributed by atoms with Gasteiger partial charge in [0.25, 0.3) is 5.56 Å². The molecule has 0 spiro atoms. The van der Waals surface area contributed by atoms with Crippen LogP contribution < -0.4 is 16.2 Å². The predicted octanol–water partition coefficient (Wildman–Crippen LogP) is 0.817. The van der Waals surface area contributed by atoms with E-state index in [-0.39, 0.29) is 11.1 Å². The first-order valence-corrected chi connectivity index (χ1v) is 6.19. The summed E-state index contributed by atoms with van der Waals surface area (Å²) in [6.45, 7) is 6.77. The topological polar surface area (TPSA) is 59.0 Å². The highest BCUT2D eigenvalue weighted by Gasteiger charge is 2.29. The van der Waals surface area contributed by atoms with Crippen molar-refractivity contribution in [2.45, 2.75) is 38.8 Å². The maximum absolute atomic E-state index is 12.1. The minimum atomic E-state index is -0.0580. The van der Waals surface area contributed by atoms with E-state index in [1.54, 1.807) is 17.0 Å². The lowest BCUT2D eigenvalue weighted by Gasteiger charge is -2.24. The lowest BCUT2D eigenvalue weighted by atomic mass is 10.0. The molecule has 2 heterocycles. The first-order valence-electron chi connectivity index (χ1n) is 6.19. The lowest BCUT2D eigenvalue weighted by molar-refractivity contribution is 0.558. The van der Waals surface area contributed by atoms with Crippen molar-refractivity contribution in [2.75, 3.05) is 18.4 Å². The molecule has 2 rings (SSSR count). The molecule has 1 saturated heterocycles. The van der Waals surface area contributed by atoms with Crippen molar-refractivity contribution in [1.82, 2.24) is 14.9 Å². The zero-order valence-electron chi connectivity index (χ0n) is 10.5. The Hall–Kier alpha value is -1.36. The second-order valence-corrected chi connectivity index (χ2v) is 4.89. The van der Waals surface area contributed by atoms with Crippen molar-refractivity contribution in [1.29, 1.82) is 0 Å². The molecule has 1 aliphatic rings. The van der Waals surface area contributed by atoms with E-state index in [0.717, 1.165) is 32.5 Å². The van der Waals surface area contributed by atoms with E-state index >= 15 is 0 Å². The fraction of sp³-hybridized carbons (Fsp3) is 0.667. The summed E-state index contributed by atoms with van der Waals surface area (Å²) in [7, 11) is 0. The van der Waals surface area contributed by atoms with E-state index in [0.29, 0.717) is 5.82 Å². The summed E-state index contributed by atoms with van der Waals surface area (Å²) >= 11 is 0. The fourth-order valence-corrected chi connectivity index (χ4v) is 2.16. The molecule has 1 aromatic heterocycles. The van der Waals surface area contributed by atoms with Gasteiger partial charge in [-0.3, -0.25) is 4.79 Å². The monoisotopic (exact) mass is 236 g/mol. The number of aromatic nitrogens is 2. The van der Waals surface area contributed by atoms with Crippen LogP contribution in [0.5, 0.6) is 0 Å². The van der Waals surface area contributed by atoms with Crippen molar-refractivity contribution in [3.8, 4) is 0 Å². The van der Waals surface area contributed by atoms with Crippen LogP contribution in [-0.4, -0.2) is 28.2 Å². The smallest absolute Gasteiger partial charge is 0.293 e. The average Bonchev–Trinajstić information content (AvgIpc) is 2.71. The molecule has 5 nitrogen and oxygen atoms in total. The van der Waals surface area contributed by atoms with E-state index in [4.69, 9.17) is 0 Å². The van der Waals surface area contributed by atoms with Gasteiger partial charge < -0.3 is 15.2 Å². The first-order chi connectivity index (χ1) is 8.14. The molecule has 1 atom stereocenters. The Morgan fingerprint density at radius 3 is 3.12 bits per heavy atom. The first kappa shape index (κ1) is 12.1. The van der Waals surface area contributed by atoms with E-state index < -0.39 is 0 Å². The van der Waals surface area contributed by atoms with Crippen LogP contribution in [0.2, 0.25) is 0 Å². The van der Waals surface area contributed by atoms with Crippen LogP contribution in [-0.2, 0) is 6.54 Å². The highest BCUT2D eigenvalue weighted by molar-refractivity contribution is 5.35. The molecule has 0 amide bonds. The van der Waals surface area contributed by atoms with Crippen LogP contribution in [0.25, 0.3) is 0 Å². The van der Waals surface area contributed by atoms with Crippen LogP contribution in [0.4, 0.5) is 5.82 Å². The maximum atomic E-state index is 12.1. The van der Waals surface area contributed by atoms with Gasteiger partial charge in [-0.2, -0.15) is 0 Å². The summed E-state index contributed by atoms with van der Waals surface area (Å²) in [6, 6.07) is 0. The summed E-state index contributed by atoms with van der Waals surface area (Å²) in [5, 5.41) is 6.57. The summed E-state index contributed by atoms with van der Waals surface area (Å²) < 4.78 is 1.71. The van der Waals surface area contributed by atoms with Crippen molar-refractivity contribution in [3.05, 3.63) is 22.7 Å². The van der Waals surface area contributed by atoms with Gasteiger partial charge in [-0.05, 0) is 26.3 Å². The van der Waals surface area contributed by atoms with Gasteiger partial charge >= 0.3 is 0 Å². The van der Waals surface area contributed by atoms with Gasteiger partial charge in [0, 0.05) is 31.0 Å². The second kappa shape index (κ2) is 4.87. The van der Waals surface area contributed by atoms with Gasteiger partial charge in [-0.1, -0.05) is 6.92 Å². The Morgan fingerprint density at radius 1 is 1.65 bits per heavy atom. The van der Waals surface area contributed by atoms with Gasteiger partial charge in [-0.25, -0.2) is 4.98 Å². The number of nitrogens with one attached hydrogen (secondary N) is 2. The SMILES string of the molecule is CCCn1ccnc(NC2(C)CCNC2)c1=O. The minimum Gasteiger partial charge on any atom is -0.359 e. The van der Waals surface area contributed by atoms with Crippen LogP contribution in [0, 0.1) is 0 Å². The number of aryl methyl sites for hydroxylation is 1. The molecule has 5 heteroatoms. The van der Waals surface area contributed by atoms with Gasteiger partial charge in [0.2, 0.25) is 0 Å². The largest absolute Gasteiger partial charge is 0.359 e. The highest BCUT2D eigenvalue weighted by atomic mass is 16.1. The van der Waals surface area contributed by atoms with Gasteiger partial charge in [0.15, 0.2) is 5.82 Å². The zero-order valence-corrected chi connectivity index (χ0v) is 10.5. The zero-order chi connectivity index (χ0) is 12.3. The third-order valence-corrected chi connectivity index (χ3v) is 3.17. The maximum Gasteiger partial charge on any atom is 0.293 e. The standard InChI is InChI=1S/C12H20N4O/c1-3-7-16-8-6-14-10(11(16)17)15-12(2)4-5-13-9-12/h6,8,13H,3-5,7,9H2,1-2H3,(H,14,15). The Balaban J connectivity index is 2.21. The summed E-state index contributed by atoms with van der Waals surface area (Å²) in [4.78, 5) is 16.3. The molecule has 1 aromatic rings. The van der Waals surface area contributed by atoms with Crippen LogP contribution in [0.1, 0.15) is 26.7 Å². The Kier molecular flexibility index (Phi) is 3.47. The Labute approximate surface area is 101 Å². The van der Waals surface area contributed by atoms with Crippen molar-refractivity contribution in [2.24, 2.45) is 0 Å². The summed E-state index contributed by atoms with van der Waals surface area (Å²) in [6.07, 6.45) is 5.39. The fourth-order valence-electron chi connectivity index (χ4n) is 2.16. The lowest BCUT2D eigenvalue weighted by Crippen LogP contribution is -2.40. The highest BCUT2D eigenvalue weighted by Crippen LogP contribution is 2.17. The van der Waals surface area contributed by atoms with Crippen molar-refractivity contribution < 1.29 is 0 Å². The Morgan fingerprint density at radius 2 is 2.47 bits per heavy atom. The molecular formula is C12H20N4O. The van der Waals surface area contributed by atoms with Crippen LogP contribution in [0.15, 0.2) is 17.2 Å². The number of rotatable bonds is 4. The van der Waals surface area contributed by atoms with E-state index in [1.165, 1.54) is 0 Å². The number of hydrogen-bond acceptors (Lipinski definition) is 4. The van der Waals surface area contributed by atoms with Crippen LogP contribution >= 0.6 is 0 Å². The minimum absolute atomic E-state index is 0.0255. The summed E-state index contributed by atoms with van der Waals surface area (Å²) in [5.74, 6) is 0.465. The molecular weight excluding hydrogens is 216 g/mol. The third kappa shape index (κ3) is 2.66. The molecule has 1 unspecified atom stereocenters. The molecule has 0 bridgehead atoms. The quantitative estimate of drug-likeness (QED) is 0.812. The number of anilines is 1. The third-order valence-electron chi connectivity index (χ3n) is 3.17.